The van der Waals surface area contributed by atoms with E-state index < -0.39 is 17.3 Å². The van der Waals surface area contributed by atoms with Gasteiger partial charge in [0.05, 0.1) is 18.9 Å². The highest BCUT2D eigenvalue weighted by Gasteiger charge is 2.45. The van der Waals surface area contributed by atoms with E-state index in [1.54, 1.807) is 33.7 Å². The van der Waals surface area contributed by atoms with E-state index in [-0.39, 0.29) is 17.6 Å². The smallest absolute Gasteiger partial charge is 0.278 e. The SMILES string of the molecule is O=C1c2c(O)c(=O)ccn2N([C@@H]2c3ccccc3SCc3ncccc32)[C@@H]2COCCN12. The number of hydrogen-bond acceptors (Lipinski definition) is 7. The van der Waals surface area contributed by atoms with Gasteiger partial charge in [-0.05, 0) is 17.7 Å². The molecule has 0 bridgehead atoms. The maximum absolute atomic E-state index is 13.3. The fraction of sp³-hybridized carbons (Fsp3) is 0.261. The van der Waals surface area contributed by atoms with Gasteiger partial charge in [0.1, 0.15) is 12.2 Å². The molecule has 1 amide bonds. The lowest BCUT2D eigenvalue weighted by Crippen LogP contribution is -2.66. The molecule has 0 unspecified atom stereocenters. The van der Waals surface area contributed by atoms with Crippen molar-refractivity contribution in [1.29, 1.82) is 0 Å². The minimum absolute atomic E-state index is 0.0181. The molecular weight excluding hydrogens is 428 g/mol. The van der Waals surface area contributed by atoms with E-state index in [1.807, 2.05) is 23.2 Å². The first kappa shape index (κ1) is 19.4. The van der Waals surface area contributed by atoms with Crippen molar-refractivity contribution in [2.75, 3.05) is 24.8 Å². The number of ether oxygens (including phenoxy) is 1. The first-order valence-corrected chi connectivity index (χ1v) is 11.4. The molecule has 2 aromatic heterocycles. The summed E-state index contributed by atoms with van der Waals surface area (Å²) in [5.41, 5.74) is 2.47. The Morgan fingerprint density at radius 3 is 2.84 bits per heavy atom. The molecule has 2 atom stereocenters. The predicted octanol–water partition coefficient (Wildman–Crippen LogP) is 2.09. The molecule has 1 saturated heterocycles. The van der Waals surface area contributed by atoms with Crippen LogP contribution in [-0.4, -0.2) is 51.5 Å². The third-order valence-electron chi connectivity index (χ3n) is 6.24. The standard InChI is InChI=1S/C23H20N4O4S/c28-17-7-9-26-21(22(17)29)23(30)25-10-11-31-12-19(25)27(26)20-14-5-3-8-24-16(14)13-32-18-6-2-1-4-15(18)20/h1-9,19-20,29H,10-13H2/t19-,20+/m1/s1. The Bertz CT molecular complexity index is 1250. The Balaban J connectivity index is 1.66. The zero-order valence-corrected chi connectivity index (χ0v) is 17.9. The van der Waals surface area contributed by atoms with Crippen molar-refractivity contribution in [1.82, 2.24) is 14.6 Å². The highest BCUT2D eigenvalue weighted by atomic mass is 32.2. The van der Waals surface area contributed by atoms with Crippen LogP contribution >= 0.6 is 11.8 Å². The number of carbonyl (C=O) groups is 1. The average Bonchev–Trinajstić information content (AvgIpc) is 2.99. The Morgan fingerprint density at radius 1 is 1.09 bits per heavy atom. The summed E-state index contributed by atoms with van der Waals surface area (Å²) < 4.78 is 7.42. The van der Waals surface area contributed by atoms with Gasteiger partial charge in [-0.3, -0.25) is 24.3 Å². The van der Waals surface area contributed by atoms with Crippen molar-refractivity contribution in [2.45, 2.75) is 22.9 Å². The number of fused-ring (bicyclic) bond motifs is 4. The molecule has 0 spiro atoms. The Labute approximate surface area is 188 Å². The fourth-order valence-electron chi connectivity index (χ4n) is 4.79. The molecule has 5 heterocycles. The van der Waals surface area contributed by atoms with Crippen LogP contribution in [-0.2, 0) is 10.5 Å². The van der Waals surface area contributed by atoms with E-state index in [4.69, 9.17) is 4.74 Å². The number of amides is 1. The number of rotatable bonds is 1. The van der Waals surface area contributed by atoms with Crippen LogP contribution in [0.4, 0.5) is 0 Å². The van der Waals surface area contributed by atoms with Crippen molar-refractivity contribution < 1.29 is 14.6 Å². The van der Waals surface area contributed by atoms with E-state index in [0.717, 1.165) is 27.5 Å². The first-order chi connectivity index (χ1) is 15.6. The number of thioether (sulfide) groups is 1. The number of morpholine rings is 1. The number of aromatic nitrogens is 2. The van der Waals surface area contributed by atoms with Gasteiger partial charge in [0, 0.05) is 41.2 Å². The second kappa shape index (κ2) is 7.39. The van der Waals surface area contributed by atoms with Gasteiger partial charge < -0.3 is 14.7 Å². The lowest BCUT2D eigenvalue weighted by Gasteiger charge is -2.51. The van der Waals surface area contributed by atoms with Crippen molar-refractivity contribution >= 4 is 17.7 Å². The molecule has 9 heteroatoms. The van der Waals surface area contributed by atoms with Crippen LogP contribution in [0, 0.1) is 0 Å². The maximum Gasteiger partial charge on any atom is 0.278 e. The number of benzene rings is 1. The van der Waals surface area contributed by atoms with Crippen LogP contribution < -0.4 is 10.4 Å². The molecule has 3 aliphatic heterocycles. The van der Waals surface area contributed by atoms with Gasteiger partial charge in [-0.1, -0.05) is 24.3 Å². The summed E-state index contributed by atoms with van der Waals surface area (Å²) in [4.78, 5) is 33.0. The molecular formula is C23H20N4O4S. The van der Waals surface area contributed by atoms with Gasteiger partial charge in [0.2, 0.25) is 5.43 Å². The molecule has 1 N–H and O–H groups in total. The number of hydrogen-bond donors (Lipinski definition) is 1. The minimum atomic E-state index is -0.574. The summed E-state index contributed by atoms with van der Waals surface area (Å²) in [5.74, 6) is -0.175. The number of nitrogens with zero attached hydrogens (tertiary/aromatic N) is 4. The molecule has 3 aromatic rings. The van der Waals surface area contributed by atoms with Gasteiger partial charge >= 0.3 is 0 Å². The van der Waals surface area contributed by atoms with Crippen LogP contribution in [0.2, 0.25) is 0 Å². The summed E-state index contributed by atoms with van der Waals surface area (Å²) in [6.07, 6.45) is 2.95. The number of aromatic hydroxyl groups is 1. The monoisotopic (exact) mass is 448 g/mol. The zero-order chi connectivity index (χ0) is 21.8. The van der Waals surface area contributed by atoms with Crippen molar-refractivity contribution in [3.05, 3.63) is 87.6 Å². The Morgan fingerprint density at radius 2 is 1.94 bits per heavy atom. The summed E-state index contributed by atoms with van der Waals surface area (Å²) in [6.45, 7) is 1.11. The zero-order valence-electron chi connectivity index (χ0n) is 17.0. The lowest BCUT2D eigenvalue weighted by molar-refractivity contribution is -0.0197. The summed E-state index contributed by atoms with van der Waals surface area (Å²) in [5, 5.41) is 12.7. The van der Waals surface area contributed by atoms with E-state index in [0.29, 0.717) is 19.8 Å². The van der Waals surface area contributed by atoms with Crippen molar-refractivity contribution in [3.63, 3.8) is 0 Å². The van der Waals surface area contributed by atoms with Crippen molar-refractivity contribution in [3.8, 4) is 5.75 Å². The van der Waals surface area contributed by atoms with Crippen LogP contribution in [0.1, 0.15) is 33.4 Å². The van der Waals surface area contributed by atoms with Gasteiger partial charge in [0.15, 0.2) is 11.4 Å². The van der Waals surface area contributed by atoms with E-state index in [1.165, 1.54) is 6.07 Å². The predicted molar refractivity (Wildman–Crippen MR) is 118 cm³/mol. The van der Waals surface area contributed by atoms with Gasteiger partial charge in [-0.25, -0.2) is 0 Å². The van der Waals surface area contributed by atoms with Gasteiger partial charge in [-0.15, -0.1) is 11.8 Å². The molecule has 1 aromatic carbocycles. The minimum Gasteiger partial charge on any atom is -0.502 e. The maximum atomic E-state index is 13.3. The highest BCUT2D eigenvalue weighted by molar-refractivity contribution is 7.98. The van der Waals surface area contributed by atoms with Crippen LogP contribution in [0.3, 0.4) is 0 Å². The second-order valence-corrected chi connectivity index (χ2v) is 8.94. The Hall–Kier alpha value is -3.30. The quantitative estimate of drug-likeness (QED) is 0.610. The van der Waals surface area contributed by atoms with Crippen LogP contribution in [0.25, 0.3) is 0 Å². The molecule has 6 rings (SSSR count). The molecule has 162 valence electrons. The van der Waals surface area contributed by atoms with Gasteiger partial charge in [-0.2, -0.15) is 0 Å². The third-order valence-corrected chi connectivity index (χ3v) is 7.34. The molecule has 0 radical (unpaired) electrons. The second-order valence-electron chi connectivity index (χ2n) is 7.92. The van der Waals surface area contributed by atoms with E-state index in [2.05, 4.69) is 23.2 Å². The molecule has 0 saturated carbocycles. The van der Waals surface area contributed by atoms with E-state index >= 15 is 0 Å². The normalized spacial score (nSPS) is 21.8. The molecule has 32 heavy (non-hydrogen) atoms. The van der Waals surface area contributed by atoms with Crippen molar-refractivity contribution in [2.24, 2.45) is 0 Å². The largest absolute Gasteiger partial charge is 0.502 e. The first-order valence-electron chi connectivity index (χ1n) is 10.4. The molecule has 3 aliphatic rings. The molecule has 1 fully saturated rings. The van der Waals surface area contributed by atoms with Gasteiger partial charge in [0.25, 0.3) is 5.91 Å². The molecule has 0 aliphatic carbocycles. The Kier molecular flexibility index (Phi) is 4.48. The molecule has 8 nitrogen and oxygen atoms in total. The number of pyridine rings is 2. The van der Waals surface area contributed by atoms with Crippen LogP contribution in [0.15, 0.2) is 64.5 Å². The topological polar surface area (TPSA) is 87.9 Å². The van der Waals surface area contributed by atoms with E-state index in [9.17, 15) is 14.7 Å². The summed E-state index contributed by atoms with van der Waals surface area (Å²) in [7, 11) is 0. The lowest BCUT2D eigenvalue weighted by atomic mass is 9.96. The van der Waals surface area contributed by atoms with Crippen LogP contribution in [0.5, 0.6) is 5.75 Å². The highest BCUT2D eigenvalue weighted by Crippen LogP contribution is 2.43. The summed E-state index contributed by atoms with van der Waals surface area (Å²) >= 11 is 1.73. The average molecular weight is 449 g/mol. The number of carbonyl (C=O) groups excluding carboxylic acids is 1. The summed E-state index contributed by atoms with van der Waals surface area (Å²) in [6, 6.07) is 13.2. The fourth-order valence-corrected chi connectivity index (χ4v) is 5.84. The third kappa shape index (κ3) is 2.78.